The fraction of sp³-hybridized carbons (Fsp3) is 0.381. The molecule has 0 radical (unpaired) electrons. The van der Waals surface area contributed by atoms with Gasteiger partial charge in [-0.2, -0.15) is 0 Å². The number of hydrogen-bond acceptors (Lipinski definition) is 5. The molecule has 4 rings (SSSR count). The van der Waals surface area contributed by atoms with Gasteiger partial charge in [0, 0.05) is 31.9 Å². The van der Waals surface area contributed by atoms with Gasteiger partial charge in [-0.15, -0.1) is 11.3 Å². The van der Waals surface area contributed by atoms with Gasteiger partial charge < -0.3 is 20.0 Å². The first kappa shape index (κ1) is 21.5. The average Bonchev–Trinajstić information content (AvgIpc) is 3.44. The SMILES string of the molecule is CON=C(c1ccc(N2C[C@@H]3[C@H](NC(=O)c4ccc(Cl)s4)CCN3C2=O)cc1)N(C)C. The molecule has 3 heterocycles. The Hall–Kier alpha value is -2.78. The number of benzene rings is 1. The van der Waals surface area contributed by atoms with Gasteiger partial charge in [-0.1, -0.05) is 16.8 Å². The summed E-state index contributed by atoms with van der Waals surface area (Å²) in [5, 5.41) is 7.13. The summed E-state index contributed by atoms with van der Waals surface area (Å²) in [6, 6.07) is 10.9. The number of halogens is 1. The van der Waals surface area contributed by atoms with Crippen molar-refractivity contribution in [1.29, 1.82) is 0 Å². The van der Waals surface area contributed by atoms with Crippen molar-refractivity contribution in [1.82, 2.24) is 15.1 Å². The summed E-state index contributed by atoms with van der Waals surface area (Å²) in [7, 11) is 5.29. The zero-order chi connectivity index (χ0) is 22.1. The second-order valence-corrected chi connectivity index (χ2v) is 9.38. The molecule has 2 saturated heterocycles. The van der Waals surface area contributed by atoms with Crippen LogP contribution in [0.4, 0.5) is 10.5 Å². The van der Waals surface area contributed by atoms with Crippen molar-refractivity contribution in [3.8, 4) is 0 Å². The van der Waals surface area contributed by atoms with Gasteiger partial charge in [0.15, 0.2) is 5.84 Å². The highest BCUT2D eigenvalue weighted by Gasteiger charge is 2.46. The second-order valence-electron chi connectivity index (χ2n) is 7.67. The summed E-state index contributed by atoms with van der Waals surface area (Å²) >= 11 is 7.20. The molecular weight excluding hydrogens is 438 g/mol. The van der Waals surface area contributed by atoms with Crippen LogP contribution >= 0.6 is 22.9 Å². The fourth-order valence-electron chi connectivity index (χ4n) is 4.07. The largest absolute Gasteiger partial charge is 0.397 e. The van der Waals surface area contributed by atoms with Crippen molar-refractivity contribution >= 4 is 46.4 Å². The van der Waals surface area contributed by atoms with Crippen LogP contribution in [-0.2, 0) is 4.84 Å². The van der Waals surface area contributed by atoms with E-state index < -0.39 is 0 Å². The standard InChI is InChI=1S/C21H24ClN5O3S/c1-25(2)19(24-30-3)13-4-6-14(7-5-13)27-12-16-15(10-11-26(16)21(27)29)23-20(28)17-8-9-18(22)31-17/h4-9,15-16H,10-12H2,1-3H3,(H,23,28)/t15-,16-/m1/s1. The molecular formula is C21H24ClN5O3S. The third-order valence-electron chi connectivity index (χ3n) is 5.54. The van der Waals surface area contributed by atoms with Crippen LogP contribution in [0.3, 0.4) is 0 Å². The lowest BCUT2D eigenvalue weighted by atomic mass is 10.1. The van der Waals surface area contributed by atoms with E-state index in [2.05, 4.69) is 10.5 Å². The Kier molecular flexibility index (Phi) is 6.06. The minimum absolute atomic E-state index is 0.0351. The molecule has 0 saturated carbocycles. The number of amidine groups is 1. The van der Waals surface area contributed by atoms with Crippen molar-refractivity contribution in [3.05, 3.63) is 51.2 Å². The van der Waals surface area contributed by atoms with Crippen LogP contribution in [0.15, 0.2) is 41.6 Å². The van der Waals surface area contributed by atoms with Crippen LogP contribution in [0.2, 0.25) is 4.34 Å². The number of fused-ring (bicyclic) bond motifs is 1. The maximum absolute atomic E-state index is 13.0. The molecule has 1 aromatic heterocycles. The molecule has 0 spiro atoms. The highest BCUT2D eigenvalue weighted by molar-refractivity contribution is 7.18. The molecule has 2 aliphatic heterocycles. The Bertz CT molecular complexity index is 1010. The molecule has 3 amide bonds. The highest BCUT2D eigenvalue weighted by atomic mass is 35.5. The van der Waals surface area contributed by atoms with Gasteiger partial charge >= 0.3 is 6.03 Å². The Morgan fingerprint density at radius 3 is 2.61 bits per heavy atom. The molecule has 1 N–H and O–H groups in total. The molecule has 0 aliphatic carbocycles. The van der Waals surface area contributed by atoms with Crippen LogP contribution in [-0.4, -0.2) is 74.0 Å². The fourth-order valence-corrected chi connectivity index (χ4v) is 5.01. The van der Waals surface area contributed by atoms with Crippen molar-refractivity contribution in [2.24, 2.45) is 5.16 Å². The van der Waals surface area contributed by atoms with Gasteiger partial charge in [-0.3, -0.25) is 9.69 Å². The lowest BCUT2D eigenvalue weighted by Gasteiger charge is -2.20. The number of oxime groups is 1. The molecule has 1 aromatic carbocycles. The van der Waals surface area contributed by atoms with Gasteiger partial charge in [0.05, 0.1) is 27.8 Å². The predicted molar refractivity (Wildman–Crippen MR) is 122 cm³/mol. The number of anilines is 1. The second kappa shape index (κ2) is 8.76. The maximum Gasteiger partial charge on any atom is 0.324 e. The van der Waals surface area contributed by atoms with Gasteiger partial charge in [0.2, 0.25) is 0 Å². The van der Waals surface area contributed by atoms with E-state index in [1.807, 2.05) is 48.2 Å². The van der Waals surface area contributed by atoms with Crippen LogP contribution in [0.25, 0.3) is 0 Å². The number of thiophene rings is 1. The molecule has 10 heteroatoms. The minimum atomic E-state index is -0.146. The molecule has 2 aliphatic rings. The van der Waals surface area contributed by atoms with E-state index in [4.69, 9.17) is 16.4 Å². The number of urea groups is 1. The number of nitrogens with one attached hydrogen (secondary N) is 1. The third-order valence-corrected chi connectivity index (χ3v) is 6.77. The van der Waals surface area contributed by atoms with E-state index in [1.165, 1.54) is 18.4 Å². The van der Waals surface area contributed by atoms with E-state index in [0.717, 1.165) is 17.7 Å². The first-order chi connectivity index (χ1) is 14.9. The molecule has 2 aromatic rings. The van der Waals surface area contributed by atoms with Crippen molar-refractivity contribution < 1.29 is 14.4 Å². The van der Waals surface area contributed by atoms with Gasteiger partial charge in [-0.05, 0) is 42.8 Å². The van der Waals surface area contributed by atoms with Gasteiger partial charge in [-0.25, -0.2) is 4.79 Å². The Morgan fingerprint density at radius 1 is 1.26 bits per heavy atom. The third kappa shape index (κ3) is 4.20. The summed E-state index contributed by atoms with van der Waals surface area (Å²) < 4.78 is 0.580. The molecule has 8 nitrogen and oxygen atoms in total. The number of rotatable bonds is 5. The number of carbonyl (C=O) groups is 2. The van der Waals surface area contributed by atoms with Crippen LogP contribution < -0.4 is 10.2 Å². The topological polar surface area (TPSA) is 77.5 Å². The van der Waals surface area contributed by atoms with Crippen molar-refractivity contribution in [2.75, 3.05) is 39.2 Å². The zero-order valence-electron chi connectivity index (χ0n) is 17.5. The summed E-state index contributed by atoms with van der Waals surface area (Å²) in [6.45, 7) is 1.15. The predicted octanol–water partition coefficient (Wildman–Crippen LogP) is 3.08. The normalized spacial score (nSPS) is 20.8. The lowest BCUT2D eigenvalue weighted by molar-refractivity contribution is 0.0935. The van der Waals surface area contributed by atoms with Crippen LogP contribution in [0, 0.1) is 0 Å². The number of hydrogen-bond donors (Lipinski definition) is 1. The first-order valence-corrected chi connectivity index (χ1v) is 11.1. The van der Waals surface area contributed by atoms with E-state index in [-0.39, 0.29) is 24.0 Å². The number of amides is 3. The van der Waals surface area contributed by atoms with E-state index in [1.54, 1.807) is 17.0 Å². The molecule has 31 heavy (non-hydrogen) atoms. The van der Waals surface area contributed by atoms with E-state index in [9.17, 15) is 9.59 Å². The number of carbonyl (C=O) groups excluding carboxylic acids is 2. The molecule has 2 fully saturated rings. The highest BCUT2D eigenvalue weighted by Crippen LogP contribution is 2.31. The van der Waals surface area contributed by atoms with Crippen LogP contribution in [0.5, 0.6) is 0 Å². The Balaban J connectivity index is 1.47. The minimum Gasteiger partial charge on any atom is -0.397 e. The van der Waals surface area contributed by atoms with E-state index in [0.29, 0.717) is 28.1 Å². The summed E-state index contributed by atoms with van der Waals surface area (Å²) in [5.74, 6) is 0.548. The molecule has 2 atom stereocenters. The van der Waals surface area contributed by atoms with Crippen molar-refractivity contribution in [3.63, 3.8) is 0 Å². The summed E-state index contributed by atoms with van der Waals surface area (Å²) in [4.78, 5) is 36.5. The Morgan fingerprint density at radius 2 is 2.00 bits per heavy atom. The monoisotopic (exact) mass is 461 g/mol. The number of nitrogens with zero attached hydrogens (tertiary/aromatic N) is 4. The molecule has 164 valence electrons. The van der Waals surface area contributed by atoms with Crippen LogP contribution in [0.1, 0.15) is 21.7 Å². The smallest absolute Gasteiger partial charge is 0.324 e. The molecule has 0 bridgehead atoms. The summed E-state index contributed by atoms with van der Waals surface area (Å²) in [5.41, 5.74) is 1.70. The summed E-state index contributed by atoms with van der Waals surface area (Å²) in [6.07, 6.45) is 0.744. The van der Waals surface area contributed by atoms with Gasteiger partial charge in [0.1, 0.15) is 7.11 Å². The molecule has 0 unspecified atom stereocenters. The zero-order valence-corrected chi connectivity index (χ0v) is 19.1. The lowest BCUT2D eigenvalue weighted by Crippen LogP contribution is -2.44. The van der Waals surface area contributed by atoms with E-state index >= 15 is 0 Å². The van der Waals surface area contributed by atoms with Crippen molar-refractivity contribution in [2.45, 2.75) is 18.5 Å². The Labute approximate surface area is 190 Å². The first-order valence-electron chi connectivity index (χ1n) is 9.92. The quantitative estimate of drug-likeness (QED) is 0.421. The average molecular weight is 462 g/mol. The van der Waals surface area contributed by atoms with Gasteiger partial charge in [0.25, 0.3) is 5.91 Å². The maximum atomic E-state index is 13.0.